The van der Waals surface area contributed by atoms with Crippen molar-refractivity contribution in [2.24, 2.45) is 0 Å². The number of alkyl halides is 3. The molecule has 1 aromatic rings. The van der Waals surface area contributed by atoms with Gasteiger partial charge in [-0.3, -0.25) is 0 Å². The molecule has 0 aliphatic carbocycles. The maximum absolute atomic E-state index is 12.1. The van der Waals surface area contributed by atoms with Gasteiger partial charge in [0.25, 0.3) is 0 Å². The lowest BCUT2D eigenvalue weighted by Crippen LogP contribution is -2.18. The Bertz CT molecular complexity index is 354. The highest BCUT2D eigenvalue weighted by Crippen LogP contribution is 2.34. The summed E-state index contributed by atoms with van der Waals surface area (Å²) in [6, 6.07) is 4.05. The van der Waals surface area contributed by atoms with Crippen molar-refractivity contribution < 1.29 is 27.4 Å². The van der Waals surface area contributed by atoms with Gasteiger partial charge in [-0.2, -0.15) is 0 Å². The van der Waals surface area contributed by atoms with Gasteiger partial charge in [-0.15, -0.1) is 13.2 Å². The molecule has 0 radical (unpaired) electrons. The van der Waals surface area contributed by atoms with Crippen LogP contribution in [0.1, 0.15) is 0 Å². The van der Waals surface area contributed by atoms with Crippen LogP contribution in [0.15, 0.2) is 22.7 Å². The van der Waals surface area contributed by atoms with Crippen LogP contribution in [0, 0.1) is 0 Å². The Morgan fingerprint density at radius 3 is 2.50 bits per heavy atom. The number of halogens is 4. The van der Waals surface area contributed by atoms with Gasteiger partial charge < -0.3 is 14.2 Å². The molecule has 0 amide bonds. The summed E-state index contributed by atoms with van der Waals surface area (Å²) in [4.78, 5) is 0. The molecule has 0 heterocycles. The Labute approximate surface area is 98.2 Å². The normalized spacial score (nSPS) is 11.3. The number of hydrogen-bond acceptors (Lipinski definition) is 3. The van der Waals surface area contributed by atoms with Crippen molar-refractivity contribution in [3.63, 3.8) is 0 Å². The monoisotopic (exact) mass is 300 g/mol. The van der Waals surface area contributed by atoms with Gasteiger partial charge in [0.15, 0.2) is 18.3 Å². The maximum Gasteiger partial charge on any atom is 0.573 e. The Hall–Kier alpha value is -0.950. The van der Waals surface area contributed by atoms with E-state index in [1.54, 1.807) is 0 Å². The Morgan fingerprint density at radius 2 is 1.94 bits per heavy atom. The summed E-state index contributed by atoms with van der Waals surface area (Å²) in [5.41, 5.74) is 0. The second-order valence-corrected chi connectivity index (χ2v) is 3.61. The quantitative estimate of drug-likeness (QED) is 0.798. The van der Waals surface area contributed by atoms with Gasteiger partial charge in [0.2, 0.25) is 0 Å². The zero-order chi connectivity index (χ0) is 12.2. The molecule has 7 heteroatoms. The minimum absolute atomic E-state index is 0.0395. The van der Waals surface area contributed by atoms with E-state index in [0.29, 0.717) is 4.47 Å². The van der Waals surface area contributed by atoms with Crippen LogP contribution < -0.4 is 9.47 Å². The average Bonchev–Trinajstić information content (AvgIpc) is 2.14. The van der Waals surface area contributed by atoms with E-state index in [0.717, 1.165) is 0 Å². The summed E-state index contributed by atoms with van der Waals surface area (Å²) in [5.74, 6) is -0.457. The number of benzene rings is 1. The summed E-state index contributed by atoms with van der Waals surface area (Å²) in [6.07, 6.45) is -4.76. The molecule has 0 fully saturated rings. The van der Waals surface area contributed by atoms with Crippen LogP contribution >= 0.6 is 15.9 Å². The highest BCUT2D eigenvalue weighted by Gasteiger charge is 2.32. The zero-order valence-electron chi connectivity index (χ0n) is 8.18. The summed E-state index contributed by atoms with van der Waals surface area (Å²) >= 11 is 3.04. The van der Waals surface area contributed by atoms with Gasteiger partial charge in [0.1, 0.15) is 0 Å². The van der Waals surface area contributed by atoms with Crippen molar-refractivity contribution in [2.45, 2.75) is 6.36 Å². The maximum atomic E-state index is 12.1. The fraction of sp³-hybridized carbons (Fsp3) is 0.333. The standard InChI is InChI=1S/C9H8BrF3O3/c1-14-5-15-7-3-2-6(10)4-8(7)16-9(11,12)13/h2-4H,5H2,1H3. The van der Waals surface area contributed by atoms with Crippen molar-refractivity contribution in [1.82, 2.24) is 0 Å². The molecular formula is C9H8BrF3O3. The second-order valence-electron chi connectivity index (χ2n) is 2.69. The van der Waals surface area contributed by atoms with E-state index in [4.69, 9.17) is 4.74 Å². The lowest BCUT2D eigenvalue weighted by Gasteiger charge is -2.13. The molecule has 0 unspecified atom stereocenters. The number of ether oxygens (including phenoxy) is 3. The van der Waals surface area contributed by atoms with Crippen molar-refractivity contribution >= 4 is 15.9 Å². The third-order valence-corrected chi connectivity index (χ3v) is 1.96. The number of methoxy groups -OCH3 is 1. The number of rotatable bonds is 4. The topological polar surface area (TPSA) is 27.7 Å². The van der Waals surface area contributed by atoms with Crippen LogP contribution in [0.2, 0.25) is 0 Å². The van der Waals surface area contributed by atoms with Crippen LogP contribution in [0.4, 0.5) is 13.2 Å². The second kappa shape index (κ2) is 5.40. The molecule has 0 N–H and O–H groups in total. The Kier molecular flexibility index (Phi) is 4.43. The molecule has 0 spiro atoms. The fourth-order valence-corrected chi connectivity index (χ4v) is 1.27. The number of hydrogen-bond donors (Lipinski definition) is 0. The molecule has 0 bridgehead atoms. The van der Waals surface area contributed by atoms with E-state index < -0.39 is 12.1 Å². The van der Waals surface area contributed by atoms with Gasteiger partial charge in [0, 0.05) is 11.6 Å². The smallest absolute Gasteiger partial charge is 0.464 e. The third kappa shape index (κ3) is 4.28. The molecule has 0 aromatic heterocycles. The van der Waals surface area contributed by atoms with Crippen molar-refractivity contribution in [3.05, 3.63) is 22.7 Å². The first-order chi connectivity index (χ1) is 7.42. The van der Waals surface area contributed by atoms with Gasteiger partial charge in [-0.1, -0.05) is 15.9 Å². The van der Waals surface area contributed by atoms with Gasteiger partial charge in [0.05, 0.1) is 0 Å². The highest BCUT2D eigenvalue weighted by molar-refractivity contribution is 9.10. The van der Waals surface area contributed by atoms with Crippen molar-refractivity contribution in [2.75, 3.05) is 13.9 Å². The largest absolute Gasteiger partial charge is 0.573 e. The zero-order valence-corrected chi connectivity index (χ0v) is 9.76. The molecule has 0 saturated heterocycles. The highest BCUT2D eigenvalue weighted by atomic mass is 79.9. The van der Waals surface area contributed by atoms with Gasteiger partial charge in [-0.25, -0.2) is 0 Å². The summed E-state index contributed by atoms with van der Waals surface area (Å²) < 4.78 is 49.9. The lowest BCUT2D eigenvalue weighted by molar-refractivity contribution is -0.275. The van der Waals surface area contributed by atoms with E-state index in [-0.39, 0.29) is 12.5 Å². The Balaban J connectivity index is 2.89. The molecule has 16 heavy (non-hydrogen) atoms. The summed E-state index contributed by atoms with van der Waals surface area (Å²) in [5, 5.41) is 0. The van der Waals surface area contributed by atoms with Crippen LogP contribution in [0.5, 0.6) is 11.5 Å². The molecule has 1 rings (SSSR count). The van der Waals surface area contributed by atoms with E-state index >= 15 is 0 Å². The van der Waals surface area contributed by atoms with Crippen LogP contribution in [0.3, 0.4) is 0 Å². The van der Waals surface area contributed by atoms with Crippen molar-refractivity contribution in [3.8, 4) is 11.5 Å². The minimum Gasteiger partial charge on any atom is -0.464 e. The van der Waals surface area contributed by atoms with Crippen LogP contribution in [-0.4, -0.2) is 20.3 Å². The summed E-state index contributed by atoms with van der Waals surface area (Å²) in [6.45, 7) is -0.157. The molecular weight excluding hydrogens is 293 g/mol. The lowest BCUT2D eigenvalue weighted by atomic mass is 10.3. The third-order valence-electron chi connectivity index (χ3n) is 1.46. The molecule has 0 saturated carbocycles. The average molecular weight is 301 g/mol. The predicted molar refractivity (Wildman–Crippen MR) is 53.3 cm³/mol. The van der Waals surface area contributed by atoms with Gasteiger partial charge in [-0.05, 0) is 18.2 Å². The molecule has 0 atom stereocenters. The first-order valence-electron chi connectivity index (χ1n) is 4.09. The molecule has 3 nitrogen and oxygen atoms in total. The van der Waals surface area contributed by atoms with Crippen LogP contribution in [-0.2, 0) is 4.74 Å². The van der Waals surface area contributed by atoms with E-state index in [2.05, 4.69) is 25.4 Å². The fourth-order valence-electron chi connectivity index (χ4n) is 0.928. The van der Waals surface area contributed by atoms with Crippen molar-refractivity contribution in [1.29, 1.82) is 0 Å². The molecule has 0 aliphatic heterocycles. The van der Waals surface area contributed by atoms with Gasteiger partial charge >= 0.3 is 6.36 Å². The minimum atomic E-state index is -4.76. The Morgan fingerprint density at radius 1 is 1.25 bits per heavy atom. The first-order valence-corrected chi connectivity index (χ1v) is 4.88. The SMILES string of the molecule is COCOc1ccc(Br)cc1OC(F)(F)F. The summed E-state index contributed by atoms with van der Waals surface area (Å²) in [7, 11) is 1.36. The molecule has 90 valence electrons. The van der Waals surface area contributed by atoms with E-state index in [9.17, 15) is 13.2 Å². The first kappa shape index (κ1) is 13.1. The van der Waals surface area contributed by atoms with E-state index in [1.165, 1.54) is 25.3 Å². The van der Waals surface area contributed by atoms with Crippen LogP contribution in [0.25, 0.3) is 0 Å². The molecule has 0 aliphatic rings. The van der Waals surface area contributed by atoms with E-state index in [1.807, 2.05) is 0 Å². The predicted octanol–water partition coefficient (Wildman–Crippen LogP) is 3.33. The molecule has 1 aromatic carbocycles.